The van der Waals surface area contributed by atoms with Gasteiger partial charge in [-0.05, 0) is 40.7 Å². The van der Waals surface area contributed by atoms with Crippen LogP contribution < -0.4 is 5.32 Å². The lowest BCUT2D eigenvalue weighted by molar-refractivity contribution is -0.114. The Morgan fingerprint density at radius 2 is 1.85 bits per heavy atom. The van der Waals surface area contributed by atoms with Gasteiger partial charge in [-0.15, -0.1) is 0 Å². The van der Waals surface area contributed by atoms with Crippen molar-refractivity contribution in [2.45, 2.75) is 46.6 Å². The van der Waals surface area contributed by atoms with Crippen LogP contribution in [-0.2, 0) is 4.79 Å². The number of rotatable bonds is 4. The Hall–Kier alpha value is -0.630. The second-order valence-electron chi connectivity index (χ2n) is 4.61. The third-order valence-corrected chi connectivity index (χ3v) is 1.48. The summed E-state index contributed by atoms with van der Waals surface area (Å²) in [7, 11) is 0. The number of hydrogen-bond acceptors (Lipinski definition) is 2. The number of carbonyl (C=O) groups excluding carboxylic acids is 1. The summed E-state index contributed by atoms with van der Waals surface area (Å²) in [6, 6.07) is 0. The van der Waals surface area contributed by atoms with E-state index in [0.717, 1.165) is 12.1 Å². The molecule has 0 amide bonds. The summed E-state index contributed by atoms with van der Waals surface area (Å²) in [6.45, 7) is 10.9. The quantitative estimate of drug-likeness (QED) is 0.678. The molecule has 13 heavy (non-hydrogen) atoms. The fourth-order valence-corrected chi connectivity index (χ4v) is 0.955. The average Bonchev–Trinajstić information content (AvgIpc) is 1.81. The highest BCUT2D eigenvalue weighted by atomic mass is 16.1. The predicted octanol–water partition coefficient (Wildman–Crippen LogP) is 2.30. The van der Waals surface area contributed by atoms with E-state index in [1.165, 1.54) is 0 Å². The van der Waals surface area contributed by atoms with Gasteiger partial charge in [-0.25, -0.2) is 0 Å². The lowest BCUT2D eigenvalue weighted by Gasteiger charge is -2.19. The summed E-state index contributed by atoms with van der Waals surface area (Å²) in [5, 5.41) is 3.28. The van der Waals surface area contributed by atoms with E-state index in [2.05, 4.69) is 26.1 Å². The van der Waals surface area contributed by atoms with Gasteiger partial charge < -0.3 is 5.32 Å². The topological polar surface area (TPSA) is 29.1 Å². The third-order valence-electron chi connectivity index (χ3n) is 1.48. The van der Waals surface area contributed by atoms with Crippen LogP contribution in [0.25, 0.3) is 0 Å². The number of carbonyl (C=O) groups is 1. The van der Waals surface area contributed by atoms with Crippen molar-refractivity contribution in [3.8, 4) is 0 Å². The van der Waals surface area contributed by atoms with Crippen molar-refractivity contribution >= 4 is 5.78 Å². The van der Waals surface area contributed by atoms with E-state index < -0.39 is 0 Å². The summed E-state index contributed by atoms with van der Waals surface area (Å²) in [6.07, 6.45) is 2.28. The minimum atomic E-state index is 0.102. The van der Waals surface area contributed by atoms with Gasteiger partial charge in [0, 0.05) is 18.5 Å². The SMILES string of the molecule is CC(C)=CC(=O)CCNC(C)(C)C. The summed E-state index contributed by atoms with van der Waals surface area (Å²) in [5.74, 6) is 0.205. The van der Waals surface area contributed by atoms with Crippen molar-refractivity contribution in [1.29, 1.82) is 0 Å². The van der Waals surface area contributed by atoms with Crippen LogP contribution in [0.1, 0.15) is 41.0 Å². The van der Waals surface area contributed by atoms with Gasteiger partial charge >= 0.3 is 0 Å². The molecule has 0 aromatic heterocycles. The number of ketones is 1. The second kappa shape index (κ2) is 5.18. The molecule has 76 valence electrons. The predicted molar refractivity (Wildman–Crippen MR) is 56.8 cm³/mol. The first-order valence-corrected chi connectivity index (χ1v) is 4.74. The molecule has 0 saturated carbocycles. The zero-order valence-corrected chi connectivity index (χ0v) is 9.40. The van der Waals surface area contributed by atoms with Gasteiger partial charge in [-0.2, -0.15) is 0 Å². The van der Waals surface area contributed by atoms with E-state index in [1.54, 1.807) is 6.08 Å². The molecule has 0 aromatic carbocycles. The lowest BCUT2D eigenvalue weighted by atomic mass is 10.1. The van der Waals surface area contributed by atoms with Gasteiger partial charge in [0.15, 0.2) is 5.78 Å². The molecule has 0 aromatic rings. The fraction of sp³-hybridized carbons (Fsp3) is 0.727. The summed E-state index contributed by atoms with van der Waals surface area (Å²) in [4.78, 5) is 11.2. The maximum absolute atomic E-state index is 11.2. The van der Waals surface area contributed by atoms with Crippen molar-refractivity contribution in [2.75, 3.05) is 6.54 Å². The second-order valence-corrected chi connectivity index (χ2v) is 4.61. The summed E-state index contributed by atoms with van der Waals surface area (Å²) < 4.78 is 0. The molecule has 0 atom stereocenters. The molecule has 0 radical (unpaired) electrons. The van der Waals surface area contributed by atoms with Gasteiger partial charge in [0.05, 0.1) is 0 Å². The number of nitrogens with one attached hydrogen (secondary N) is 1. The lowest BCUT2D eigenvalue weighted by Crippen LogP contribution is -2.37. The van der Waals surface area contributed by atoms with E-state index in [1.807, 2.05) is 13.8 Å². The zero-order chi connectivity index (χ0) is 10.5. The first-order valence-electron chi connectivity index (χ1n) is 4.74. The standard InChI is InChI=1S/C11H21NO/c1-9(2)8-10(13)6-7-12-11(3,4)5/h8,12H,6-7H2,1-5H3. The summed E-state index contributed by atoms with van der Waals surface area (Å²) >= 11 is 0. The van der Waals surface area contributed by atoms with Crippen LogP contribution in [0, 0.1) is 0 Å². The van der Waals surface area contributed by atoms with E-state index in [0.29, 0.717) is 6.42 Å². The first-order chi connectivity index (χ1) is 5.81. The van der Waals surface area contributed by atoms with Crippen LogP contribution in [0.2, 0.25) is 0 Å². The molecule has 0 unspecified atom stereocenters. The molecule has 1 N–H and O–H groups in total. The van der Waals surface area contributed by atoms with E-state index >= 15 is 0 Å². The molecule has 0 spiro atoms. The highest BCUT2D eigenvalue weighted by Gasteiger charge is 2.08. The molecule has 0 heterocycles. The molecular formula is C11H21NO. The average molecular weight is 183 g/mol. The van der Waals surface area contributed by atoms with Gasteiger partial charge in [-0.3, -0.25) is 4.79 Å². The monoisotopic (exact) mass is 183 g/mol. The molecular weight excluding hydrogens is 162 g/mol. The molecule has 2 nitrogen and oxygen atoms in total. The van der Waals surface area contributed by atoms with Crippen LogP contribution in [0.5, 0.6) is 0 Å². The molecule has 0 bridgehead atoms. The normalized spacial score (nSPS) is 11.2. The van der Waals surface area contributed by atoms with Gasteiger partial charge in [-0.1, -0.05) is 5.57 Å². The Balaban J connectivity index is 3.67. The molecule has 0 aliphatic heterocycles. The van der Waals surface area contributed by atoms with Gasteiger partial charge in [0.25, 0.3) is 0 Å². The largest absolute Gasteiger partial charge is 0.312 e. The minimum absolute atomic E-state index is 0.102. The van der Waals surface area contributed by atoms with E-state index in [9.17, 15) is 4.79 Å². The third kappa shape index (κ3) is 9.28. The number of hydrogen-bond donors (Lipinski definition) is 1. The Bertz CT molecular complexity index is 195. The van der Waals surface area contributed by atoms with Crippen LogP contribution in [-0.4, -0.2) is 17.9 Å². The van der Waals surface area contributed by atoms with Crippen molar-refractivity contribution in [3.05, 3.63) is 11.6 Å². The van der Waals surface area contributed by atoms with Crippen LogP contribution >= 0.6 is 0 Å². The first kappa shape index (κ1) is 12.4. The Morgan fingerprint density at radius 1 is 1.31 bits per heavy atom. The summed E-state index contributed by atoms with van der Waals surface area (Å²) in [5.41, 5.74) is 1.17. The fourth-order valence-electron chi connectivity index (χ4n) is 0.955. The number of allylic oxidation sites excluding steroid dienone is 2. The molecule has 0 aliphatic rings. The zero-order valence-electron chi connectivity index (χ0n) is 9.40. The molecule has 0 fully saturated rings. The minimum Gasteiger partial charge on any atom is -0.312 e. The van der Waals surface area contributed by atoms with Gasteiger partial charge in [0.2, 0.25) is 0 Å². The molecule has 0 rings (SSSR count). The molecule has 2 heteroatoms. The van der Waals surface area contributed by atoms with E-state index in [-0.39, 0.29) is 11.3 Å². The molecule has 0 aliphatic carbocycles. The maximum Gasteiger partial charge on any atom is 0.156 e. The van der Waals surface area contributed by atoms with Gasteiger partial charge in [0.1, 0.15) is 0 Å². The smallest absolute Gasteiger partial charge is 0.156 e. The van der Waals surface area contributed by atoms with Crippen molar-refractivity contribution < 1.29 is 4.79 Å². The highest BCUT2D eigenvalue weighted by molar-refractivity contribution is 5.90. The van der Waals surface area contributed by atoms with Crippen molar-refractivity contribution in [2.24, 2.45) is 0 Å². The van der Waals surface area contributed by atoms with Crippen molar-refractivity contribution in [3.63, 3.8) is 0 Å². The van der Waals surface area contributed by atoms with Crippen LogP contribution in [0.15, 0.2) is 11.6 Å². The van der Waals surface area contributed by atoms with Crippen LogP contribution in [0.4, 0.5) is 0 Å². The Kier molecular flexibility index (Phi) is 4.92. The Labute approximate surface area is 81.4 Å². The maximum atomic E-state index is 11.2. The van der Waals surface area contributed by atoms with E-state index in [4.69, 9.17) is 0 Å². The van der Waals surface area contributed by atoms with Crippen LogP contribution in [0.3, 0.4) is 0 Å². The molecule has 0 saturated heterocycles. The highest BCUT2D eigenvalue weighted by Crippen LogP contribution is 1.99. The Morgan fingerprint density at radius 3 is 2.23 bits per heavy atom. The van der Waals surface area contributed by atoms with Crippen molar-refractivity contribution in [1.82, 2.24) is 5.32 Å².